The van der Waals surface area contributed by atoms with Crippen LogP contribution in [0.15, 0.2) is 23.1 Å². The number of amides is 2. The van der Waals surface area contributed by atoms with Gasteiger partial charge in [0.25, 0.3) is 11.1 Å². The molecule has 1 saturated heterocycles. The summed E-state index contributed by atoms with van der Waals surface area (Å²) in [4.78, 5) is 37.8. The predicted octanol–water partition coefficient (Wildman–Crippen LogP) is 3.86. The van der Waals surface area contributed by atoms with Crippen molar-refractivity contribution in [2.24, 2.45) is 0 Å². The van der Waals surface area contributed by atoms with Gasteiger partial charge in [-0.1, -0.05) is 6.07 Å². The Kier molecular flexibility index (Phi) is 6.77. The van der Waals surface area contributed by atoms with E-state index in [9.17, 15) is 14.4 Å². The van der Waals surface area contributed by atoms with Gasteiger partial charge in [-0.2, -0.15) is 0 Å². The fourth-order valence-corrected chi connectivity index (χ4v) is 3.25. The first kappa shape index (κ1) is 21.8. The van der Waals surface area contributed by atoms with Crippen molar-refractivity contribution >= 4 is 35.0 Å². The third-order valence-corrected chi connectivity index (χ3v) is 4.34. The highest BCUT2D eigenvalue weighted by Gasteiger charge is 2.37. The van der Waals surface area contributed by atoms with Crippen molar-refractivity contribution in [1.82, 2.24) is 4.90 Å². The normalized spacial score (nSPS) is 16.1. The van der Waals surface area contributed by atoms with Crippen molar-refractivity contribution in [2.75, 3.05) is 13.7 Å². The molecule has 0 radical (unpaired) electrons. The van der Waals surface area contributed by atoms with Crippen LogP contribution in [-0.4, -0.2) is 47.4 Å². The van der Waals surface area contributed by atoms with Crippen LogP contribution in [0.1, 0.15) is 40.2 Å². The molecular weight excluding hydrogens is 382 g/mol. The molecule has 152 valence electrons. The maximum atomic E-state index is 12.5. The zero-order valence-corrected chi connectivity index (χ0v) is 17.7. The summed E-state index contributed by atoms with van der Waals surface area (Å²) >= 11 is 0.784. The fourth-order valence-electron chi connectivity index (χ4n) is 2.42. The average Bonchev–Trinajstić information content (AvgIpc) is 2.81. The molecule has 1 aromatic carbocycles. The maximum absolute atomic E-state index is 12.5. The summed E-state index contributed by atoms with van der Waals surface area (Å²) in [5, 5.41) is -0.506. The van der Waals surface area contributed by atoms with Crippen LogP contribution >= 0.6 is 11.8 Å². The predicted molar refractivity (Wildman–Crippen MR) is 107 cm³/mol. The molecule has 0 atom stereocenters. The third kappa shape index (κ3) is 5.76. The van der Waals surface area contributed by atoms with Crippen LogP contribution in [0.5, 0.6) is 11.5 Å². The smallest absolute Gasteiger partial charge is 0.326 e. The minimum Gasteiger partial charge on any atom is -0.493 e. The standard InChI is InChI=1S/C20H25NO6S/c1-12(2)26-14-8-7-13(9-15(14)25-6)10-16-18(23)21(19(24)28-16)11-17(22)27-20(3,4)5/h7-10,12H,11H2,1-6H3/b16-10+. The summed E-state index contributed by atoms with van der Waals surface area (Å²) in [5.41, 5.74) is -0.0128. The minimum absolute atomic E-state index is 0.0101. The molecule has 28 heavy (non-hydrogen) atoms. The number of hydrogen-bond donors (Lipinski definition) is 0. The number of hydrogen-bond acceptors (Lipinski definition) is 7. The molecule has 0 spiro atoms. The van der Waals surface area contributed by atoms with Crippen LogP contribution in [0.2, 0.25) is 0 Å². The van der Waals surface area contributed by atoms with E-state index < -0.39 is 29.3 Å². The number of benzene rings is 1. The molecule has 1 aliphatic heterocycles. The van der Waals surface area contributed by atoms with Gasteiger partial charge in [-0.15, -0.1) is 0 Å². The summed E-state index contributed by atoms with van der Waals surface area (Å²) in [6.45, 7) is 8.57. The molecule has 1 aliphatic rings. The largest absolute Gasteiger partial charge is 0.493 e. The number of esters is 1. The van der Waals surface area contributed by atoms with Crippen LogP contribution < -0.4 is 9.47 Å². The number of carbonyl (C=O) groups is 3. The molecular formula is C20H25NO6S. The van der Waals surface area contributed by atoms with Gasteiger partial charge in [0.05, 0.1) is 18.1 Å². The van der Waals surface area contributed by atoms with Gasteiger partial charge < -0.3 is 14.2 Å². The zero-order valence-electron chi connectivity index (χ0n) is 16.9. The molecule has 8 heteroatoms. The number of rotatable bonds is 6. The summed E-state index contributed by atoms with van der Waals surface area (Å²) in [7, 11) is 1.53. The third-order valence-electron chi connectivity index (χ3n) is 3.43. The lowest BCUT2D eigenvalue weighted by atomic mass is 10.2. The van der Waals surface area contributed by atoms with Crippen molar-refractivity contribution in [2.45, 2.75) is 46.3 Å². The molecule has 2 rings (SSSR count). The number of carbonyl (C=O) groups excluding carboxylic acids is 3. The highest BCUT2D eigenvalue weighted by Crippen LogP contribution is 2.34. The van der Waals surface area contributed by atoms with E-state index in [4.69, 9.17) is 14.2 Å². The summed E-state index contributed by atoms with van der Waals surface area (Å²) in [6.07, 6.45) is 1.57. The van der Waals surface area contributed by atoms with Crippen molar-refractivity contribution < 1.29 is 28.6 Å². The number of nitrogens with zero attached hydrogens (tertiary/aromatic N) is 1. The van der Waals surface area contributed by atoms with Crippen LogP contribution in [-0.2, 0) is 14.3 Å². The Bertz CT molecular complexity index is 809. The quantitative estimate of drug-likeness (QED) is 0.523. The Morgan fingerprint density at radius 1 is 1.21 bits per heavy atom. The lowest BCUT2D eigenvalue weighted by Crippen LogP contribution is -2.37. The number of ether oxygens (including phenoxy) is 3. The molecule has 2 amide bonds. The highest BCUT2D eigenvalue weighted by atomic mass is 32.2. The maximum Gasteiger partial charge on any atom is 0.326 e. The second kappa shape index (κ2) is 8.68. The summed E-state index contributed by atoms with van der Waals surface area (Å²) in [6, 6.07) is 5.23. The Labute approximate surface area is 169 Å². The van der Waals surface area contributed by atoms with Gasteiger partial charge >= 0.3 is 5.97 Å². The zero-order chi connectivity index (χ0) is 21.1. The minimum atomic E-state index is -0.689. The van der Waals surface area contributed by atoms with Gasteiger partial charge in [0, 0.05) is 0 Å². The topological polar surface area (TPSA) is 82.1 Å². The second-order valence-electron chi connectivity index (χ2n) is 7.43. The number of methoxy groups -OCH3 is 1. The molecule has 1 heterocycles. The molecule has 0 saturated carbocycles. The van der Waals surface area contributed by atoms with Crippen molar-refractivity contribution in [3.05, 3.63) is 28.7 Å². The first-order valence-electron chi connectivity index (χ1n) is 8.82. The van der Waals surface area contributed by atoms with E-state index in [1.54, 1.807) is 45.0 Å². The highest BCUT2D eigenvalue weighted by molar-refractivity contribution is 8.18. The first-order chi connectivity index (χ1) is 13.0. The van der Waals surface area contributed by atoms with Gasteiger partial charge in [-0.3, -0.25) is 19.3 Å². The van der Waals surface area contributed by atoms with Gasteiger partial charge in [0.15, 0.2) is 11.5 Å². The van der Waals surface area contributed by atoms with E-state index in [1.165, 1.54) is 7.11 Å². The van der Waals surface area contributed by atoms with Crippen LogP contribution in [0.3, 0.4) is 0 Å². The molecule has 0 unspecified atom stereocenters. The monoisotopic (exact) mass is 407 g/mol. The van der Waals surface area contributed by atoms with Crippen molar-refractivity contribution in [3.8, 4) is 11.5 Å². The first-order valence-corrected chi connectivity index (χ1v) is 9.63. The number of imide groups is 1. The summed E-state index contributed by atoms with van der Waals surface area (Å²) in [5.74, 6) is -0.0432. The van der Waals surface area contributed by atoms with Crippen LogP contribution in [0.4, 0.5) is 4.79 Å². The molecule has 0 aromatic heterocycles. The van der Waals surface area contributed by atoms with E-state index in [0.29, 0.717) is 17.1 Å². The SMILES string of the molecule is COc1cc(/C=C2/SC(=O)N(CC(=O)OC(C)(C)C)C2=O)ccc1OC(C)C. The Hall–Kier alpha value is -2.48. The van der Waals surface area contributed by atoms with Gasteiger partial charge in [-0.25, -0.2) is 0 Å². The van der Waals surface area contributed by atoms with E-state index >= 15 is 0 Å². The van der Waals surface area contributed by atoms with Crippen molar-refractivity contribution in [3.63, 3.8) is 0 Å². The molecule has 1 aromatic rings. The Morgan fingerprint density at radius 2 is 1.89 bits per heavy atom. The Balaban J connectivity index is 2.18. The molecule has 0 aliphatic carbocycles. The number of thioether (sulfide) groups is 1. The van der Waals surface area contributed by atoms with E-state index in [1.807, 2.05) is 13.8 Å². The van der Waals surface area contributed by atoms with E-state index in [2.05, 4.69) is 0 Å². The Morgan fingerprint density at radius 3 is 2.46 bits per heavy atom. The lowest BCUT2D eigenvalue weighted by molar-refractivity contribution is -0.156. The van der Waals surface area contributed by atoms with Crippen LogP contribution in [0.25, 0.3) is 6.08 Å². The lowest BCUT2D eigenvalue weighted by Gasteiger charge is -2.21. The summed E-state index contributed by atoms with van der Waals surface area (Å²) < 4.78 is 16.2. The van der Waals surface area contributed by atoms with Gasteiger partial charge in [0.2, 0.25) is 0 Å². The molecule has 1 fully saturated rings. The fraction of sp³-hybridized carbons (Fsp3) is 0.450. The molecule has 7 nitrogen and oxygen atoms in total. The van der Waals surface area contributed by atoms with Gasteiger partial charge in [-0.05, 0) is 70.2 Å². The van der Waals surface area contributed by atoms with E-state index in [-0.39, 0.29) is 11.0 Å². The van der Waals surface area contributed by atoms with Gasteiger partial charge in [0.1, 0.15) is 12.1 Å². The molecule has 0 N–H and O–H groups in total. The van der Waals surface area contributed by atoms with Crippen molar-refractivity contribution in [1.29, 1.82) is 0 Å². The van der Waals surface area contributed by atoms with Crippen LogP contribution in [0, 0.1) is 0 Å². The second-order valence-corrected chi connectivity index (χ2v) is 8.42. The van der Waals surface area contributed by atoms with E-state index in [0.717, 1.165) is 16.7 Å². The average molecular weight is 407 g/mol. The molecule has 0 bridgehead atoms.